The zero-order valence-electron chi connectivity index (χ0n) is 8.56. The van der Waals surface area contributed by atoms with Gasteiger partial charge in [0.15, 0.2) is 0 Å². The number of nitrogens with zero attached hydrogens (tertiary/aromatic N) is 3. The predicted molar refractivity (Wildman–Crippen MR) is 51.1 cm³/mol. The fraction of sp³-hybridized carbons (Fsp3) is 0.667. The highest BCUT2D eigenvalue weighted by molar-refractivity contribution is 5.95. The van der Waals surface area contributed by atoms with Crippen molar-refractivity contribution in [1.82, 2.24) is 15.0 Å². The molecule has 0 N–H and O–H groups in total. The molecular formula is C9H15N3O2. The van der Waals surface area contributed by atoms with Crippen LogP contribution in [0, 0.1) is 0 Å². The molecule has 1 aromatic rings. The Morgan fingerprint density at radius 1 is 1.57 bits per heavy atom. The highest BCUT2D eigenvalue weighted by atomic mass is 16.5. The molecule has 0 aliphatic heterocycles. The lowest BCUT2D eigenvalue weighted by molar-refractivity contribution is 0.0772. The maximum absolute atomic E-state index is 11.5. The lowest BCUT2D eigenvalue weighted by atomic mass is 10.3. The van der Waals surface area contributed by atoms with E-state index in [2.05, 4.69) is 10.3 Å². The molecule has 0 aromatic carbocycles. The number of aromatic nitrogens is 3. The molecule has 0 aliphatic rings. The molecule has 5 nitrogen and oxygen atoms in total. The number of hydrogen-bond donors (Lipinski definition) is 0. The normalized spacial score (nSPS) is 10.4. The van der Waals surface area contributed by atoms with E-state index in [1.807, 2.05) is 13.8 Å². The van der Waals surface area contributed by atoms with Crippen molar-refractivity contribution in [2.45, 2.75) is 26.8 Å². The summed E-state index contributed by atoms with van der Waals surface area (Å²) in [5.74, 6) is -0.0645. The zero-order chi connectivity index (χ0) is 10.4. The second kappa shape index (κ2) is 5.49. The Morgan fingerprint density at radius 3 is 3.00 bits per heavy atom. The average Bonchev–Trinajstić information content (AvgIpc) is 2.63. The fourth-order valence-corrected chi connectivity index (χ4v) is 1.12. The Hall–Kier alpha value is -1.23. The Bertz CT molecular complexity index is 296. The van der Waals surface area contributed by atoms with Crippen LogP contribution in [0.3, 0.4) is 0 Å². The summed E-state index contributed by atoms with van der Waals surface area (Å²) in [7, 11) is 0. The SMILES string of the molecule is CCCn1nncc1C(=O)COCC. The molecule has 0 fully saturated rings. The number of aryl methyl sites for hydroxylation is 1. The molecule has 0 unspecified atom stereocenters. The molecule has 0 aliphatic carbocycles. The van der Waals surface area contributed by atoms with Crippen molar-refractivity contribution in [1.29, 1.82) is 0 Å². The lowest BCUT2D eigenvalue weighted by Gasteiger charge is -2.03. The molecule has 0 saturated carbocycles. The van der Waals surface area contributed by atoms with Crippen LogP contribution in [-0.4, -0.2) is 34.0 Å². The van der Waals surface area contributed by atoms with Gasteiger partial charge < -0.3 is 4.74 Å². The molecule has 78 valence electrons. The third-order valence-electron chi connectivity index (χ3n) is 1.78. The van der Waals surface area contributed by atoms with Crippen molar-refractivity contribution in [3.63, 3.8) is 0 Å². The molecule has 1 aromatic heterocycles. The van der Waals surface area contributed by atoms with Gasteiger partial charge in [0.25, 0.3) is 0 Å². The van der Waals surface area contributed by atoms with E-state index >= 15 is 0 Å². The van der Waals surface area contributed by atoms with Crippen LogP contribution >= 0.6 is 0 Å². The molecule has 14 heavy (non-hydrogen) atoms. The van der Waals surface area contributed by atoms with Crippen LogP contribution < -0.4 is 0 Å². The van der Waals surface area contributed by atoms with Crippen molar-refractivity contribution >= 4 is 5.78 Å². The van der Waals surface area contributed by atoms with Gasteiger partial charge in [0.1, 0.15) is 12.3 Å². The number of ketones is 1. The average molecular weight is 197 g/mol. The van der Waals surface area contributed by atoms with Gasteiger partial charge in [0, 0.05) is 13.2 Å². The van der Waals surface area contributed by atoms with Gasteiger partial charge in [-0.05, 0) is 13.3 Å². The van der Waals surface area contributed by atoms with Crippen molar-refractivity contribution in [3.05, 3.63) is 11.9 Å². The van der Waals surface area contributed by atoms with Gasteiger partial charge in [-0.3, -0.25) is 4.79 Å². The smallest absolute Gasteiger partial charge is 0.208 e. The van der Waals surface area contributed by atoms with Crippen LogP contribution in [-0.2, 0) is 11.3 Å². The van der Waals surface area contributed by atoms with Gasteiger partial charge in [-0.15, -0.1) is 5.10 Å². The van der Waals surface area contributed by atoms with E-state index in [1.54, 1.807) is 4.68 Å². The molecule has 0 saturated heterocycles. The quantitative estimate of drug-likeness (QED) is 0.636. The minimum Gasteiger partial charge on any atom is -0.374 e. The van der Waals surface area contributed by atoms with Crippen LogP contribution in [0.1, 0.15) is 30.8 Å². The van der Waals surface area contributed by atoms with E-state index in [9.17, 15) is 4.79 Å². The van der Waals surface area contributed by atoms with E-state index in [0.717, 1.165) is 6.42 Å². The first kappa shape index (κ1) is 10.8. The number of rotatable bonds is 6. The first-order chi connectivity index (χ1) is 6.79. The maximum Gasteiger partial charge on any atom is 0.208 e. The standard InChI is InChI=1S/C9H15N3O2/c1-3-5-12-8(6-10-11-12)9(13)7-14-4-2/h6H,3-5,7H2,1-2H3. The van der Waals surface area contributed by atoms with E-state index in [4.69, 9.17) is 4.74 Å². The summed E-state index contributed by atoms with van der Waals surface area (Å²) in [6.07, 6.45) is 2.41. The van der Waals surface area contributed by atoms with Crippen LogP contribution in [0.2, 0.25) is 0 Å². The maximum atomic E-state index is 11.5. The topological polar surface area (TPSA) is 57.0 Å². The van der Waals surface area contributed by atoms with Crippen molar-refractivity contribution in [2.24, 2.45) is 0 Å². The largest absolute Gasteiger partial charge is 0.374 e. The molecule has 1 heterocycles. The molecule has 0 bridgehead atoms. The van der Waals surface area contributed by atoms with Gasteiger partial charge in [0.05, 0.1) is 6.20 Å². The summed E-state index contributed by atoms with van der Waals surface area (Å²) in [4.78, 5) is 11.5. The number of Topliss-reactive ketones (excluding diaryl/α,β-unsaturated/α-hetero) is 1. The number of carbonyl (C=O) groups excluding carboxylic acids is 1. The molecule has 0 amide bonds. The van der Waals surface area contributed by atoms with E-state index in [-0.39, 0.29) is 12.4 Å². The van der Waals surface area contributed by atoms with Gasteiger partial charge in [-0.25, -0.2) is 4.68 Å². The Balaban J connectivity index is 2.63. The first-order valence-corrected chi connectivity index (χ1v) is 4.79. The molecule has 0 atom stereocenters. The van der Waals surface area contributed by atoms with Crippen molar-refractivity contribution in [2.75, 3.05) is 13.2 Å². The van der Waals surface area contributed by atoms with Crippen LogP contribution in [0.4, 0.5) is 0 Å². The second-order valence-electron chi connectivity index (χ2n) is 2.90. The van der Waals surface area contributed by atoms with Crippen LogP contribution in [0.5, 0.6) is 0 Å². The fourth-order valence-electron chi connectivity index (χ4n) is 1.12. The third-order valence-corrected chi connectivity index (χ3v) is 1.78. The number of hydrogen-bond acceptors (Lipinski definition) is 4. The number of ether oxygens (including phenoxy) is 1. The zero-order valence-corrected chi connectivity index (χ0v) is 8.56. The van der Waals surface area contributed by atoms with E-state index in [1.165, 1.54) is 6.20 Å². The summed E-state index contributed by atoms with van der Waals surface area (Å²) >= 11 is 0. The second-order valence-corrected chi connectivity index (χ2v) is 2.90. The van der Waals surface area contributed by atoms with Gasteiger partial charge in [-0.1, -0.05) is 12.1 Å². The highest BCUT2D eigenvalue weighted by Gasteiger charge is 2.12. The molecule has 0 spiro atoms. The van der Waals surface area contributed by atoms with Gasteiger partial charge in [0.2, 0.25) is 5.78 Å². The van der Waals surface area contributed by atoms with E-state index < -0.39 is 0 Å². The Morgan fingerprint density at radius 2 is 2.36 bits per heavy atom. The van der Waals surface area contributed by atoms with Crippen molar-refractivity contribution < 1.29 is 9.53 Å². The molecule has 1 rings (SSSR count). The summed E-state index contributed by atoms with van der Waals surface area (Å²) in [5.41, 5.74) is 0.528. The van der Waals surface area contributed by atoms with Crippen molar-refractivity contribution in [3.8, 4) is 0 Å². The predicted octanol–water partition coefficient (Wildman–Crippen LogP) is 0.907. The monoisotopic (exact) mass is 197 g/mol. The summed E-state index contributed by atoms with van der Waals surface area (Å²) in [6, 6.07) is 0. The van der Waals surface area contributed by atoms with Gasteiger partial charge in [-0.2, -0.15) is 0 Å². The van der Waals surface area contributed by atoms with Crippen LogP contribution in [0.25, 0.3) is 0 Å². The minimum absolute atomic E-state index is 0.0645. The van der Waals surface area contributed by atoms with Gasteiger partial charge >= 0.3 is 0 Å². The highest BCUT2D eigenvalue weighted by Crippen LogP contribution is 1.99. The van der Waals surface area contributed by atoms with Crippen LogP contribution in [0.15, 0.2) is 6.20 Å². The summed E-state index contributed by atoms with van der Waals surface area (Å²) in [6.45, 7) is 5.25. The molecular weight excluding hydrogens is 182 g/mol. The molecule has 0 radical (unpaired) electrons. The third kappa shape index (κ3) is 2.63. The summed E-state index contributed by atoms with van der Waals surface area (Å²) in [5, 5.41) is 7.53. The Labute approximate surface area is 83.1 Å². The molecule has 5 heteroatoms. The number of carbonyl (C=O) groups is 1. The lowest BCUT2D eigenvalue weighted by Crippen LogP contribution is -2.15. The Kier molecular flexibility index (Phi) is 4.25. The van der Waals surface area contributed by atoms with E-state index in [0.29, 0.717) is 18.8 Å². The summed E-state index contributed by atoms with van der Waals surface area (Å²) < 4.78 is 6.65. The first-order valence-electron chi connectivity index (χ1n) is 4.79. The minimum atomic E-state index is -0.0645.